The summed E-state index contributed by atoms with van der Waals surface area (Å²) >= 11 is 0. The second-order valence-electron chi connectivity index (χ2n) is 9.48. The highest BCUT2D eigenvalue weighted by Crippen LogP contribution is 2.14. The van der Waals surface area contributed by atoms with E-state index in [9.17, 15) is 14.7 Å². The van der Waals surface area contributed by atoms with E-state index in [4.69, 9.17) is 4.74 Å². The minimum absolute atomic E-state index is 0.0222. The summed E-state index contributed by atoms with van der Waals surface area (Å²) in [5.41, 5.74) is 1.59. The predicted octanol–water partition coefficient (Wildman–Crippen LogP) is 2.58. The van der Waals surface area contributed by atoms with Crippen molar-refractivity contribution in [3.05, 3.63) is 65.7 Å². The Bertz CT molecular complexity index is 901. The molecule has 1 unspecified atom stereocenters. The monoisotopic (exact) mass is 453 g/mol. The van der Waals surface area contributed by atoms with E-state index in [1.807, 2.05) is 43.9 Å². The molecule has 0 radical (unpaired) electrons. The third kappa shape index (κ3) is 8.18. The highest BCUT2D eigenvalue weighted by molar-refractivity contribution is 5.83. The summed E-state index contributed by atoms with van der Waals surface area (Å²) in [7, 11) is 0. The van der Waals surface area contributed by atoms with E-state index in [0.717, 1.165) is 25.2 Å². The fourth-order valence-corrected chi connectivity index (χ4v) is 3.89. The molecule has 1 heterocycles. The van der Waals surface area contributed by atoms with Crippen molar-refractivity contribution >= 4 is 11.9 Å². The molecule has 2 aromatic rings. The molecule has 2 N–H and O–H groups in total. The lowest BCUT2D eigenvalue weighted by Crippen LogP contribution is -2.55. The Morgan fingerprint density at radius 1 is 0.970 bits per heavy atom. The third-order valence-corrected chi connectivity index (χ3v) is 5.52. The van der Waals surface area contributed by atoms with Gasteiger partial charge in [-0.05, 0) is 50.5 Å². The van der Waals surface area contributed by atoms with Crippen LogP contribution in [0.5, 0.6) is 5.75 Å². The van der Waals surface area contributed by atoms with E-state index in [1.54, 1.807) is 24.3 Å². The van der Waals surface area contributed by atoms with E-state index in [2.05, 4.69) is 22.3 Å². The van der Waals surface area contributed by atoms with Gasteiger partial charge in [0.1, 0.15) is 11.4 Å². The van der Waals surface area contributed by atoms with Crippen LogP contribution in [0.3, 0.4) is 0 Å². The molecular formula is C26H35N3O4. The van der Waals surface area contributed by atoms with Gasteiger partial charge in [0.25, 0.3) is 0 Å². The molecule has 1 atom stereocenters. The van der Waals surface area contributed by atoms with Gasteiger partial charge in [0.05, 0.1) is 12.6 Å². The van der Waals surface area contributed by atoms with Gasteiger partial charge >= 0.3 is 5.97 Å². The number of aromatic hydroxyl groups is 1. The first kappa shape index (κ1) is 24.7. The average molecular weight is 454 g/mol. The van der Waals surface area contributed by atoms with Crippen molar-refractivity contribution < 1.29 is 19.4 Å². The molecule has 3 rings (SSSR count). The number of nitrogens with zero attached hydrogens (tertiary/aromatic N) is 2. The number of piperazine rings is 1. The van der Waals surface area contributed by atoms with E-state index in [0.29, 0.717) is 19.5 Å². The smallest absolute Gasteiger partial charge is 0.320 e. The zero-order valence-electron chi connectivity index (χ0n) is 19.8. The van der Waals surface area contributed by atoms with Gasteiger partial charge in [-0.1, -0.05) is 42.5 Å². The van der Waals surface area contributed by atoms with Crippen molar-refractivity contribution in [1.29, 1.82) is 0 Å². The summed E-state index contributed by atoms with van der Waals surface area (Å²) in [6.07, 6.45) is 0.423. The Hall–Kier alpha value is -2.90. The Labute approximate surface area is 196 Å². The van der Waals surface area contributed by atoms with E-state index in [1.165, 1.54) is 5.56 Å². The lowest BCUT2D eigenvalue weighted by Gasteiger charge is -2.36. The quantitative estimate of drug-likeness (QED) is 0.598. The number of benzene rings is 2. The molecule has 0 aliphatic carbocycles. The number of nitrogens with one attached hydrogen (secondary N) is 1. The van der Waals surface area contributed by atoms with Gasteiger partial charge in [-0.25, -0.2) is 0 Å². The van der Waals surface area contributed by atoms with Gasteiger partial charge in [-0.15, -0.1) is 0 Å². The van der Waals surface area contributed by atoms with E-state index < -0.39 is 17.6 Å². The Morgan fingerprint density at radius 2 is 1.61 bits per heavy atom. The van der Waals surface area contributed by atoms with Gasteiger partial charge < -0.3 is 14.7 Å². The maximum atomic E-state index is 13.4. The van der Waals surface area contributed by atoms with Crippen molar-refractivity contribution in [3.63, 3.8) is 0 Å². The highest BCUT2D eigenvalue weighted by Gasteiger charge is 2.28. The molecule has 7 nitrogen and oxygen atoms in total. The largest absolute Gasteiger partial charge is 0.508 e. The molecule has 1 fully saturated rings. The predicted molar refractivity (Wildman–Crippen MR) is 128 cm³/mol. The summed E-state index contributed by atoms with van der Waals surface area (Å²) in [4.78, 5) is 29.8. The lowest BCUT2D eigenvalue weighted by atomic mass is 10.0. The second kappa shape index (κ2) is 11.3. The summed E-state index contributed by atoms with van der Waals surface area (Å²) in [5, 5.41) is 12.7. The van der Waals surface area contributed by atoms with Crippen LogP contribution in [0, 0.1) is 0 Å². The van der Waals surface area contributed by atoms with Crippen LogP contribution in [0.15, 0.2) is 54.6 Å². The van der Waals surface area contributed by atoms with Crippen LogP contribution in [0.2, 0.25) is 0 Å². The molecule has 0 saturated carbocycles. The third-order valence-electron chi connectivity index (χ3n) is 5.52. The molecule has 0 bridgehead atoms. The number of amides is 1. The van der Waals surface area contributed by atoms with Crippen LogP contribution in [0.25, 0.3) is 0 Å². The number of carbonyl (C=O) groups excluding carboxylic acids is 2. The Kier molecular flexibility index (Phi) is 8.47. The number of esters is 1. The van der Waals surface area contributed by atoms with E-state index in [-0.39, 0.29) is 18.2 Å². The SMILES string of the molecule is CC(C)(C)OC(=O)CNC(Cc1ccc(O)cc1)C(=O)N1CCN(Cc2ccccc2)CC1. The number of ether oxygens (including phenoxy) is 1. The first-order valence-electron chi connectivity index (χ1n) is 11.5. The summed E-state index contributed by atoms with van der Waals surface area (Å²) in [6.45, 7) is 9.18. The molecule has 178 valence electrons. The van der Waals surface area contributed by atoms with Crippen LogP contribution < -0.4 is 5.32 Å². The number of carbonyl (C=O) groups is 2. The zero-order chi connectivity index (χ0) is 23.8. The molecule has 7 heteroatoms. The number of phenolic OH excluding ortho intramolecular Hbond substituents is 1. The fraction of sp³-hybridized carbons (Fsp3) is 0.462. The average Bonchev–Trinajstić information content (AvgIpc) is 2.77. The van der Waals surface area contributed by atoms with Crippen molar-refractivity contribution in [2.75, 3.05) is 32.7 Å². The fourth-order valence-electron chi connectivity index (χ4n) is 3.89. The van der Waals surface area contributed by atoms with Crippen LogP contribution >= 0.6 is 0 Å². The van der Waals surface area contributed by atoms with Crippen molar-refractivity contribution in [2.45, 2.75) is 45.4 Å². The standard InChI is InChI=1S/C26H35N3O4/c1-26(2,3)33-24(31)18-27-23(17-20-9-11-22(30)12-10-20)25(32)29-15-13-28(14-16-29)19-21-7-5-4-6-8-21/h4-12,23,27,30H,13-19H2,1-3H3. The van der Waals surface area contributed by atoms with Gasteiger partial charge in [-0.2, -0.15) is 0 Å². The molecule has 1 aliphatic heterocycles. The molecule has 2 aromatic carbocycles. The molecule has 0 aromatic heterocycles. The highest BCUT2D eigenvalue weighted by atomic mass is 16.6. The van der Waals surface area contributed by atoms with Crippen LogP contribution in [-0.4, -0.2) is 71.1 Å². The second-order valence-corrected chi connectivity index (χ2v) is 9.48. The maximum Gasteiger partial charge on any atom is 0.320 e. The Balaban J connectivity index is 1.60. The number of rotatable bonds is 8. The van der Waals surface area contributed by atoms with Gasteiger partial charge in [-0.3, -0.25) is 19.8 Å². The normalized spacial score (nSPS) is 15.8. The van der Waals surface area contributed by atoms with Crippen LogP contribution in [0.4, 0.5) is 0 Å². The first-order valence-corrected chi connectivity index (χ1v) is 11.5. The zero-order valence-corrected chi connectivity index (χ0v) is 19.8. The molecule has 33 heavy (non-hydrogen) atoms. The maximum absolute atomic E-state index is 13.4. The van der Waals surface area contributed by atoms with Crippen molar-refractivity contribution in [3.8, 4) is 5.75 Å². The van der Waals surface area contributed by atoms with Crippen LogP contribution in [-0.2, 0) is 27.3 Å². The molecule has 1 saturated heterocycles. The minimum Gasteiger partial charge on any atom is -0.508 e. The van der Waals surface area contributed by atoms with Gasteiger partial charge in [0.2, 0.25) is 5.91 Å². The number of hydrogen-bond donors (Lipinski definition) is 2. The summed E-state index contributed by atoms with van der Waals surface area (Å²) < 4.78 is 5.38. The van der Waals surface area contributed by atoms with Gasteiger partial charge in [0.15, 0.2) is 0 Å². The lowest BCUT2D eigenvalue weighted by molar-refractivity contribution is -0.153. The number of phenols is 1. The van der Waals surface area contributed by atoms with E-state index >= 15 is 0 Å². The molecular weight excluding hydrogens is 418 g/mol. The van der Waals surface area contributed by atoms with Crippen LogP contribution in [0.1, 0.15) is 31.9 Å². The van der Waals surface area contributed by atoms with Gasteiger partial charge in [0, 0.05) is 32.7 Å². The topological polar surface area (TPSA) is 82.1 Å². The first-order chi connectivity index (χ1) is 15.7. The summed E-state index contributed by atoms with van der Waals surface area (Å²) in [6, 6.07) is 16.6. The van der Waals surface area contributed by atoms with Crippen molar-refractivity contribution in [2.24, 2.45) is 0 Å². The molecule has 1 amide bonds. The molecule has 0 spiro atoms. The minimum atomic E-state index is -0.579. The Morgan fingerprint density at radius 3 is 2.21 bits per heavy atom. The molecule has 1 aliphatic rings. The summed E-state index contributed by atoms with van der Waals surface area (Å²) in [5.74, 6) is -0.234. The van der Waals surface area contributed by atoms with Crippen molar-refractivity contribution in [1.82, 2.24) is 15.1 Å². The number of hydrogen-bond acceptors (Lipinski definition) is 6.